The van der Waals surface area contributed by atoms with E-state index < -0.39 is 117 Å². The van der Waals surface area contributed by atoms with Crippen LogP contribution in [0, 0.1) is 0 Å². The first kappa shape index (κ1) is 46.1. The summed E-state index contributed by atoms with van der Waals surface area (Å²) in [7, 11) is -14.0. The number of hydrogen-bond acceptors (Lipinski definition) is 27. The van der Waals surface area contributed by atoms with Crippen LogP contribution in [0.5, 0.6) is 0 Å². The average molecular weight is 989 g/mol. The highest BCUT2D eigenvalue weighted by molar-refractivity contribution is 7.47. The molecule has 15 atom stereocenters. The number of imidazole rings is 3. The summed E-state index contributed by atoms with van der Waals surface area (Å²) in [5.74, 6) is -0.0472. The summed E-state index contributed by atoms with van der Waals surface area (Å²) in [6.45, 7) is -2.70. The van der Waals surface area contributed by atoms with Crippen molar-refractivity contribution in [3.8, 4) is 0 Å². The van der Waals surface area contributed by atoms with Gasteiger partial charge < -0.3 is 61.6 Å². The SMILES string of the molecule is Nc1ncnc2c1ncn2[C@@H]1O[C@H](COP(=O)(O)O[C@H]2[C@@H](O)[C@H](n3cnc4c(N)ncnc43)O[C@@H]2COP(=O)(O)O[C@H]2[C@@H](O)[C@H](n3cnc4c(N)ncnc43)O[C@@H]2CO[P+](=O)O)[C@@H](O)[C@H]1O. The summed E-state index contributed by atoms with van der Waals surface area (Å²) in [5.41, 5.74) is 18.2. The lowest BCUT2D eigenvalue weighted by Gasteiger charge is -2.25. The van der Waals surface area contributed by atoms with E-state index in [9.17, 15) is 48.8 Å². The number of phosphoric acid groups is 2. The topological polar surface area (TPSA) is 476 Å². The second kappa shape index (κ2) is 17.9. The van der Waals surface area contributed by atoms with Gasteiger partial charge in [0.15, 0.2) is 53.1 Å². The van der Waals surface area contributed by atoms with Crippen molar-refractivity contribution in [2.45, 2.75) is 73.6 Å². The summed E-state index contributed by atoms with van der Waals surface area (Å²) in [6.07, 6.45) is -13.1. The fourth-order valence-electron chi connectivity index (χ4n) is 7.53. The van der Waals surface area contributed by atoms with Gasteiger partial charge in [0.25, 0.3) is 0 Å². The van der Waals surface area contributed by atoms with Gasteiger partial charge in [-0.05, 0) is 0 Å². The summed E-state index contributed by atoms with van der Waals surface area (Å²) in [5, 5.41) is 44.6. The minimum absolute atomic E-state index is 0.0195. The number of hydrogen-bond donors (Lipinski definition) is 10. The van der Waals surface area contributed by atoms with Crippen molar-refractivity contribution >= 4 is 74.8 Å². The zero-order chi connectivity index (χ0) is 46.8. The lowest BCUT2D eigenvalue weighted by molar-refractivity contribution is -0.0612. The predicted octanol–water partition coefficient (Wildman–Crippen LogP) is -2.94. The molecular formula is C30H37N15O18P3+. The Morgan fingerprint density at radius 2 is 0.924 bits per heavy atom. The number of nitrogen functional groups attached to an aromatic ring is 3. The van der Waals surface area contributed by atoms with Crippen LogP contribution in [0.15, 0.2) is 38.0 Å². The highest BCUT2D eigenvalue weighted by Crippen LogP contribution is 2.52. The molecule has 3 unspecified atom stereocenters. The van der Waals surface area contributed by atoms with Gasteiger partial charge in [0.05, 0.1) is 32.2 Å². The lowest BCUT2D eigenvalue weighted by atomic mass is 10.1. The van der Waals surface area contributed by atoms with Gasteiger partial charge in [-0.1, -0.05) is 0 Å². The van der Waals surface area contributed by atoms with Crippen LogP contribution >= 0.6 is 23.9 Å². The maximum Gasteiger partial charge on any atom is 0.694 e. The van der Waals surface area contributed by atoms with Gasteiger partial charge in [-0.15, -0.1) is 9.42 Å². The molecule has 13 N–H and O–H groups in total. The van der Waals surface area contributed by atoms with Gasteiger partial charge in [-0.25, -0.2) is 54.0 Å². The lowest BCUT2D eigenvalue weighted by Crippen LogP contribution is -2.37. The summed E-state index contributed by atoms with van der Waals surface area (Å²) in [6, 6.07) is 0. The number of anilines is 3. The third-order valence-electron chi connectivity index (χ3n) is 10.6. The number of aromatic nitrogens is 12. The number of nitrogens with two attached hydrogens (primary N) is 3. The molecule has 0 bridgehead atoms. The molecule has 0 aromatic carbocycles. The van der Waals surface area contributed by atoms with Crippen LogP contribution in [0.4, 0.5) is 17.5 Å². The number of aliphatic hydroxyl groups is 4. The molecule has 3 fully saturated rings. The zero-order valence-corrected chi connectivity index (χ0v) is 35.8. The molecule has 66 heavy (non-hydrogen) atoms. The monoisotopic (exact) mass is 988 g/mol. The molecule has 354 valence electrons. The number of aliphatic hydroxyl groups excluding tert-OH is 4. The van der Waals surface area contributed by atoms with E-state index in [-0.39, 0.29) is 50.9 Å². The standard InChI is InChI=1S/C30H36N15O18P3/c31-22-13-25(37-4-34-22)43(7-40-13)28-17(47)16(46)10(59-28)2-57-65(52,53)63-21-12(61-30(19(21)49)45-9-42-15-24(33)36-6-39-27(15)45)3-58-66(54,55)62-20-11(1-56-64(50)51)60-29(18(20)48)44-8-41-14-23(32)35-5-38-26(14)44/h4-12,16-21,28-30,46-49H,1-3H2,(H8-,31,32,33,34,35,36,37,38,39,50,51,52,53,54,55)/p+1/t10-,11-,12-,16-,17-,18-,19-,20-,21-,28-,29-,30-/m1/s1. The molecule has 6 aromatic heterocycles. The Morgan fingerprint density at radius 3 is 1.33 bits per heavy atom. The number of fused-ring (bicyclic) bond motifs is 3. The summed E-state index contributed by atoms with van der Waals surface area (Å²) < 4.78 is 85.7. The molecule has 0 saturated carbocycles. The van der Waals surface area contributed by atoms with Crippen molar-refractivity contribution in [1.29, 1.82) is 0 Å². The highest BCUT2D eigenvalue weighted by Gasteiger charge is 2.53. The third kappa shape index (κ3) is 8.71. The van der Waals surface area contributed by atoms with E-state index in [0.717, 1.165) is 29.9 Å². The Bertz CT molecular complexity index is 2880. The molecule has 9 rings (SSSR count). The first-order chi connectivity index (χ1) is 31.4. The molecule has 3 aliphatic heterocycles. The third-order valence-corrected chi connectivity index (χ3v) is 12.9. The maximum atomic E-state index is 13.6. The summed E-state index contributed by atoms with van der Waals surface area (Å²) in [4.78, 5) is 67.4. The van der Waals surface area contributed by atoms with Crippen molar-refractivity contribution in [3.63, 3.8) is 0 Å². The van der Waals surface area contributed by atoms with Gasteiger partial charge >= 0.3 is 23.9 Å². The van der Waals surface area contributed by atoms with E-state index in [1.807, 2.05) is 0 Å². The molecule has 36 heteroatoms. The predicted molar refractivity (Wildman–Crippen MR) is 212 cm³/mol. The minimum Gasteiger partial charge on any atom is -0.387 e. The van der Waals surface area contributed by atoms with Crippen LogP contribution in [-0.4, -0.2) is 168 Å². The van der Waals surface area contributed by atoms with Crippen LogP contribution in [0.1, 0.15) is 18.7 Å². The van der Waals surface area contributed by atoms with E-state index >= 15 is 0 Å². The number of ether oxygens (including phenoxy) is 3. The van der Waals surface area contributed by atoms with Gasteiger partial charge in [-0.3, -0.25) is 31.8 Å². The fraction of sp³-hybridized carbons (Fsp3) is 0.500. The molecule has 0 aliphatic carbocycles. The number of nitrogens with zero attached hydrogens (tertiary/aromatic N) is 12. The van der Waals surface area contributed by atoms with E-state index in [4.69, 9.17) is 54.0 Å². The first-order valence-electron chi connectivity index (χ1n) is 19.0. The Hall–Kier alpha value is -4.99. The van der Waals surface area contributed by atoms with Crippen LogP contribution in [0.2, 0.25) is 0 Å². The molecule has 33 nitrogen and oxygen atoms in total. The van der Waals surface area contributed by atoms with E-state index in [2.05, 4.69) is 44.9 Å². The normalized spacial score (nSPS) is 31.2. The highest BCUT2D eigenvalue weighted by atomic mass is 31.2. The molecule has 9 heterocycles. The Morgan fingerprint density at radius 1 is 0.561 bits per heavy atom. The van der Waals surface area contributed by atoms with Gasteiger partial charge in [-0.2, -0.15) is 0 Å². The van der Waals surface area contributed by atoms with Gasteiger partial charge in [0, 0.05) is 4.57 Å². The minimum atomic E-state index is -5.41. The Kier molecular flexibility index (Phi) is 12.5. The molecule has 0 spiro atoms. The molecule has 0 amide bonds. The smallest absolute Gasteiger partial charge is 0.387 e. The van der Waals surface area contributed by atoms with Crippen LogP contribution < -0.4 is 17.2 Å². The molecular weight excluding hydrogens is 951 g/mol. The molecule has 0 radical (unpaired) electrons. The van der Waals surface area contributed by atoms with Crippen LogP contribution in [0.25, 0.3) is 33.5 Å². The largest absolute Gasteiger partial charge is 0.694 e. The molecule has 3 aliphatic rings. The molecule has 6 aromatic rings. The quantitative estimate of drug-likeness (QED) is 0.0434. The van der Waals surface area contributed by atoms with Crippen molar-refractivity contribution < 1.29 is 85.6 Å². The number of rotatable bonds is 16. The van der Waals surface area contributed by atoms with E-state index in [0.29, 0.717) is 0 Å². The van der Waals surface area contributed by atoms with Crippen molar-refractivity contribution in [1.82, 2.24) is 58.6 Å². The first-order valence-corrected chi connectivity index (χ1v) is 23.1. The summed E-state index contributed by atoms with van der Waals surface area (Å²) >= 11 is 0. The van der Waals surface area contributed by atoms with Crippen LogP contribution in [0.3, 0.4) is 0 Å². The Labute approximate surface area is 367 Å². The molecule has 3 saturated heterocycles. The van der Waals surface area contributed by atoms with E-state index in [1.54, 1.807) is 0 Å². The zero-order valence-electron chi connectivity index (χ0n) is 33.1. The van der Waals surface area contributed by atoms with Crippen molar-refractivity contribution in [3.05, 3.63) is 38.0 Å². The average Bonchev–Trinajstić information content (AvgIpc) is 4.13. The van der Waals surface area contributed by atoms with Gasteiger partial charge in [0.2, 0.25) is 0 Å². The second-order valence-electron chi connectivity index (χ2n) is 14.6. The Balaban J connectivity index is 0.921. The number of phosphoric ester groups is 2. The van der Waals surface area contributed by atoms with E-state index in [1.165, 1.54) is 21.8 Å². The maximum absolute atomic E-state index is 13.6. The van der Waals surface area contributed by atoms with Crippen molar-refractivity contribution in [2.24, 2.45) is 0 Å². The second-order valence-corrected chi connectivity index (χ2v) is 18.2. The van der Waals surface area contributed by atoms with Gasteiger partial charge in [0.1, 0.15) is 97.1 Å². The van der Waals surface area contributed by atoms with Crippen molar-refractivity contribution in [2.75, 3.05) is 37.0 Å². The fourth-order valence-corrected chi connectivity index (χ4v) is 9.74. The van der Waals surface area contributed by atoms with Crippen LogP contribution in [-0.2, 0) is 50.5 Å².